The Bertz CT molecular complexity index is 1310. The zero-order valence-electron chi connectivity index (χ0n) is 33.7. The molecule has 0 unspecified atom stereocenters. The average molecular weight is 447 g/mol. The Balaban J connectivity index is 1.91. The zero-order chi connectivity index (χ0) is 36.7. The fraction of sp³-hybridized carbons (Fsp3) is 0.667. The van der Waals surface area contributed by atoms with Crippen LogP contribution in [0.1, 0.15) is 58.1 Å². The first kappa shape index (κ1) is 7.82. The first-order chi connectivity index (χ1) is 20.9. The first-order valence-corrected chi connectivity index (χ1v) is 9.28. The van der Waals surface area contributed by atoms with Gasteiger partial charge in [-0.05, 0) is 56.6 Å². The summed E-state index contributed by atoms with van der Waals surface area (Å²) in [5, 5.41) is 0.847. The second kappa shape index (κ2) is 10.0. The maximum absolute atomic E-state index is 12.5. The lowest BCUT2D eigenvalue weighted by atomic mass is 9.84. The molecule has 1 N–H and O–H groups in total. The van der Waals surface area contributed by atoms with Gasteiger partial charge in [0.05, 0.1) is 25.3 Å². The molecule has 3 rings (SSSR count). The SMILES string of the molecule is [2H]c1c([2H])c(Cl)c(Cl)c(N2C([2H])([2H])C([2H])([2H])N(C([2H])([2H])CC3CCC(NC(=O)N(C([2H])([2H])[2H])C([2H])([2H])[2H])CC3)C([2H])([2H])C2([2H])[2H])c1[2H]. The van der Waals surface area contributed by atoms with Gasteiger partial charge in [0.2, 0.25) is 0 Å². The molecule has 0 bridgehead atoms. The van der Waals surface area contributed by atoms with E-state index < -0.39 is 105 Å². The van der Waals surface area contributed by atoms with Crippen molar-refractivity contribution in [3.8, 4) is 0 Å². The minimum atomic E-state index is -3.69. The number of hydrogen-bond acceptors (Lipinski definition) is 3. The summed E-state index contributed by atoms with van der Waals surface area (Å²) in [5.41, 5.74) is -1.00. The number of rotatable bonds is 5. The molecule has 1 aliphatic carbocycles. The third-order valence-electron chi connectivity index (χ3n) is 4.44. The molecule has 1 aromatic carbocycles. The number of carbonyl (C=O) groups is 1. The predicted molar refractivity (Wildman–Crippen MR) is 118 cm³/mol. The maximum atomic E-state index is 12.5. The van der Waals surface area contributed by atoms with Gasteiger partial charge in [-0.2, -0.15) is 0 Å². The number of anilines is 1. The maximum Gasteiger partial charge on any atom is 0.317 e. The van der Waals surface area contributed by atoms with E-state index in [-0.39, 0.29) is 40.4 Å². The van der Waals surface area contributed by atoms with Crippen LogP contribution in [0.3, 0.4) is 0 Å². The molecule has 1 saturated carbocycles. The van der Waals surface area contributed by atoms with Crippen molar-refractivity contribution in [1.29, 1.82) is 0 Å². The summed E-state index contributed by atoms with van der Waals surface area (Å²) in [6.45, 7) is -24.3. The van der Waals surface area contributed by atoms with Gasteiger partial charge < -0.3 is 15.1 Å². The largest absolute Gasteiger partial charge is 0.368 e. The van der Waals surface area contributed by atoms with Crippen LogP contribution in [-0.4, -0.2) is 68.3 Å². The number of amides is 2. The zero-order valence-corrected chi connectivity index (χ0v) is 16.2. The van der Waals surface area contributed by atoms with Crippen molar-refractivity contribution in [2.24, 2.45) is 5.92 Å². The van der Waals surface area contributed by atoms with E-state index in [9.17, 15) is 4.79 Å². The molecule has 0 radical (unpaired) electrons. The quantitative estimate of drug-likeness (QED) is 0.732. The van der Waals surface area contributed by atoms with E-state index in [0.717, 1.165) is 0 Å². The molecule has 5 nitrogen and oxygen atoms in total. The number of benzene rings is 1. The Morgan fingerprint density at radius 3 is 2.68 bits per heavy atom. The van der Waals surface area contributed by atoms with Crippen LogP contribution in [0, 0.1) is 5.92 Å². The molecule has 0 atom stereocenters. The van der Waals surface area contributed by atoms with Crippen molar-refractivity contribution in [3.05, 3.63) is 28.2 Å². The molecular formula is C21H32Cl2N4O. The highest BCUT2D eigenvalue weighted by atomic mass is 35.5. The van der Waals surface area contributed by atoms with Crippen molar-refractivity contribution in [2.75, 3.05) is 51.3 Å². The van der Waals surface area contributed by atoms with Gasteiger partial charge in [-0.3, -0.25) is 4.90 Å². The van der Waals surface area contributed by atoms with Gasteiger partial charge in [0.1, 0.15) is 0 Å². The summed E-state index contributed by atoms with van der Waals surface area (Å²) >= 11 is 12.1. The Labute approximate surface area is 205 Å². The van der Waals surface area contributed by atoms with E-state index in [1.807, 2.05) is 0 Å². The van der Waals surface area contributed by atoms with Crippen LogP contribution < -0.4 is 10.2 Å². The normalized spacial score (nSPS) is 42.1. The topological polar surface area (TPSA) is 38.8 Å². The lowest BCUT2D eigenvalue weighted by molar-refractivity contribution is 0.194. The Morgan fingerprint density at radius 1 is 1.29 bits per heavy atom. The van der Waals surface area contributed by atoms with Gasteiger partial charge in [-0.25, -0.2) is 4.79 Å². The highest BCUT2D eigenvalue weighted by molar-refractivity contribution is 6.43. The van der Waals surface area contributed by atoms with Gasteiger partial charge in [0, 0.05) is 62.4 Å². The molecule has 1 aromatic rings. The molecular weight excluding hydrogens is 395 g/mol. The van der Waals surface area contributed by atoms with Crippen molar-refractivity contribution in [3.63, 3.8) is 0 Å². The van der Waals surface area contributed by atoms with Gasteiger partial charge in [-0.15, -0.1) is 0 Å². The molecule has 0 aromatic heterocycles. The number of nitrogens with zero attached hydrogens (tertiary/aromatic N) is 3. The summed E-state index contributed by atoms with van der Waals surface area (Å²) < 4.78 is 155. The van der Waals surface area contributed by atoms with Crippen LogP contribution in [0.2, 0.25) is 10.0 Å². The molecule has 1 saturated heterocycles. The van der Waals surface area contributed by atoms with E-state index in [0.29, 0.717) is 0 Å². The minimum Gasteiger partial charge on any atom is -0.368 e. The van der Waals surface area contributed by atoms with Crippen molar-refractivity contribution < 1.29 is 30.8 Å². The summed E-state index contributed by atoms with van der Waals surface area (Å²) in [5.74, 6) is -0.649. The van der Waals surface area contributed by atoms with Crippen molar-refractivity contribution in [1.82, 2.24) is 15.1 Å². The number of nitrogens with one attached hydrogen (secondary N) is 1. The number of halogens is 2. The fourth-order valence-electron chi connectivity index (χ4n) is 2.93. The molecule has 2 fully saturated rings. The Kier molecular flexibility index (Phi) is 2.81. The Hall–Kier alpha value is -1.17. The van der Waals surface area contributed by atoms with E-state index >= 15 is 0 Å². The van der Waals surface area contributed by atoms with E-state index in [2.05, 4.69) is 5.32 Å². The van der Waals surface area contributed by atoms with Crippen LogP contribution in [0.15, 0.2) is 18.1 Å². The van der Waals surface area contributed by atoms with Crippen LogP contribution >= 0.6 is 23.2 Å². The molecule has 0 spiro atoms. The number of carbonyl (C=O) groups excluding carboxylic acids is 1. The molecule has 2 amide bonds. The lowest BCUT2D eigenvalue weighted by Crippen LogP contribution is -2.47. The minimum absolute atomic E-state index is 0.102. The average Bonchev–Trinajstić information content (AvgIpc) is 2.86. The standard InChI is InChI=1S/C21H32Cl2N4O/c1-25(2)21(28)24-17-8-6-16(7-9-17)10-11-26-12-14-27(15-13-26)19-5-3-4-18(22)20(19)23/h3-5,16-17H,6-15H2,1-2H3,(H,24,28)/i1D3,2D3,3D,4D,5D,11D2,12D2,13D2,14D2,15D2. The van der Waals surface area contributed by atoms with Crippen molar-refractivity contribution >= 4 is 34.9 Å². The van der Waals surface area contributed by atoms with Crippen LogP contribution in [-0.2, 0) is 0 Å². The highest BCUT2D eigenvalue weighted by Gasteiger charge is 2.24. The highest BCUT2D eigenvalue weighted by Crippen LogP contribution is 2.33. The molecule has 28 heavy (non-hydrogen) atoms. The molecule has 2 aliphatic rings. The van der Waals surface area contributed by atoms with Gasteiger partial charge in [0.25, 0.3) is 0 Å². The predicted octanol–water partition coefficient (Wildman–Crippen LogP) is 4.34. The third kappa shape index (κ3) is 5.68. The second-order valence-corrected chi connectivity index (χ2v) is 7.09. The summed E-state index contributed by atoms with van der Waals surface area (Å²) in [6.07, 6.45) is -0.217. The van der Waals surface area contributed by atoms with Gasteiger partial charge in [-0.1, -0.05) is 29.2 Å². The van der Waals surface area contributed by atoms with Gasteiger partial charge >= 0.3 is 6.03 Å². The Morgan fingerprint density at radius 2 is 2.00 bits per heavy atom. The van der Waals surface area contributed by atoms with Gasteiger partial charge in [0.15, 0.2) is 0 Å². The summed E-state index contributed by atoms with van der Waals surface area (Å²) in [4.78, 5) is 12.0. The third-order valence-corrected chi connectivity index (χ3v) is 5.19. The van der Waals surface area contributed by atoms with E-state index in [4.69, 9.17) is 49.2 Å². The van der Waals surface area contributed by atoms with Crippen LogP contribution in [0.4, 0.5) is 10.5 Å². The van der Waals surface area contributed by atoms with E-state index in [1.54, 1.807) is 0 Å². The number of urea groups is 1. The molecule has 1 heterocycles. The summed E-state index contributed by atoms with van der Waals surface area (Å²) in [7, 11) is 0. The first-order valence-electron chi connectivity index (χ1n) is 18.0. The van der Waals surface area contributed by atoms with E-state index in [1.165, 1.54) is 0 Å². The van der Waals surface area contributed by atoms with Crippen LogP contribution in [0.25, 0.3) is 0 Å². The molecule has 1 aliphatic heterocycles. The van der Waals surface area contributed by atoms with Crippen molar-refractivity contribution in [2.45, 2.75) is 38.1 Å². The second-order valence-electron chi connectivity index (χ2n) is 6.33. The van der Waals surface area contributed by atoms with Crippen LogP contribution in [0.5, 0.6) is 0 Å². The summed E-state index contributed by atoms with van der Waals surface area (Å²) in [6, 6.07) is -4.79. The molecule has 156 valence electrons. The molecule has 7 heteroatoms. The lowest BCUT2D eigenvalue weighted by Gasteiger charge is -2.37. The smallest absolute Gasteiger partial charge is 0.317 e. The number of hydrogen-bond donors (Lipinski definition) is 1. The number of piperazine rings is 1. The monoisotopic (exact) mass is 445 g/mol. The fourth-order valence-corrected chi connectivity index (χ4v) is 3.25.